The Bertz CT molecular complexity index is 931. The first-order chi connectivity index (χ1) is 10.7. The van der Waals surface area contributed by atoms with Gasteiger partial charge in [-0.3, -0.25) is 0 Å². The molecular weight excluding hydrogens is 272 g/mol. The van der Waals surface area contributed by atoms with Gasteiger partial charge in [-0.05, 0) is 37.6 Å². The standard InChI is InChI=1S/C18H16N4/c1-12-10-13(2)22-18(20-12)11-17(21-22)15-7-5-14(6-8-15)16-4-3-9-19-16/h3-11,19H,1-2H3. The maximum Gasteiger partial charge on any atom is 0.156 e. The van der Waals surface area contributed by atoms with Crippen molar-refractivity contribution in [3.05, 3.63) is 66.1 Å². The third kappa shape index (κ3) is 2.09. The number of benzene rings is 1. The number of hydrogen-bond acceptors (Lipinski definition) is 2. The highest BCUT2D eigenvalue weighted by atomic mass is 15.3. The molecule has 108 valence electrons. The van der Waals surface area contributed by atoms with E-state index in [1.807, 2.05) is 42.8 Å². The van der Waals surface area contributed by atoms with E-state index in [9.17, 15) is 0 Å². The second-order valence-electron chi connectivity index (χ2n) is 5.50. The van der Waals surface area contributed by atoms with Crippen molar-refractivity contribution in [1.82, 2.24) is 19.6 Å². The lowest BCUT2D eigenvalue weighted by Gasteiger charge is -2.01. The number of nitrogens with one attached hydrogen (secondary N) is 1. The molecule has 4 aromatic rings. The fourth-order valence-electron chi connectivity index (χ4n) is 2.76. The first-order valence-corrected chi connectivity index (χ1v) is 7.29. The van der Waals surface area contributed by atoms with Crippen LogP contribution in [0.3, 0.4) is 0 Å². The molecule has 0 saturated heterocycles. The lowest BCUT2D eigenvalue weighted by molar-refractivity contribution is 0.889. The molecule has 0 atom stereocenters. The third-order valence-corrected chi connectivity index (χ3v) is 3.82. The first-order valence-electron chi connectivity index (χ1n) is 7.29. The molecular formula is C18H16N4. The molecule has 0 bridgehead atoms. The normalized spacial score (nSPS) is 11.2. The lowest BCUT2D eigenvalue weighted by atomic mass is 10.1. The molecule has 4 heteroatoms. The molecule has 0 unspecified atom stereocenters. The van der Waals surface area contributed by atoms with Gasteiger partial charge >= 0.3 is 0 Å². The Morgan fingerprint density at radius 3 is 2.45 bits per heavy atom. The largest absolute Gasteiger partial charge is 0.361 e. The number of H-pyrrole nitrogens is 1. The molecule has 0 aliphatic heterocycles. The third-order valence-electron chi connectivity index (χ3n) is 3.82. The first kappa shape index (κ1) is 12.8. The van der Waals surface area contributed by atoms with E-state index in [-0.39, 0.29) is 0 Å². The minimum atomic E-state index is 0.890. The number of rotatable bonds is 2. The van der Waals surface area contributed by atoms with Crippen molar-refractivity contribution < 1.29 is 0 Å². The smallest absolute Gasteiger partial charge is 0.156 e. The molecule has 3 heterocycles. The maximum absolute atomic E-state index is 4.66. The average Bonchev–Trinajstić information content (AvgIpc) is 3.16. The summed E-state index contributed by atoms with van der Waals surface area (Å²) in [5.41, 5.74) is 7.32. The highest BCUT2D eigenvalue weighted by Crippen LogP contribution is 2.24. The summed E-state index contributed by atoms with van der Waals surface area (Å²) >= 11 is 0. The van der Waals surface area contributed by atoms with E-state index >= 15 is 0 Å². The van der Waals surface area contributed by atoms with Crippen LogP contribution in [-0.2, 0) is 0 Å². The van der Waals surface area contributed by atoms with Gasteiger partial charge in [0.1, 0.15) is 0 Å². The minimum absolute atomic E-state index is 0.890. The van der Waals surface area contributed by atoms with Gasteiger partial charge in [-0.1, -0.05) is 24.3 Å². The average molecular weight is 288 g/mol. The van der Waals surface area contributed by atoms with Gasteiger partial charge in [0.15, 0.2) is 5.65 Å². The zero-order chi connectivity index (χ0) is 15.1. The van der Waals surface area contributed by atoms with Crippen molar-refractivity contribution >= 4 is 5.65 Å². The van der Waals surface area contributed by atoms with Crippen LogP contribution in [0.1, 0.15) is 11.4 Å². The highest BCUT2D eigenvalue weighted by Gasteiger charge is 2.08. The SMILES string of the molecule is Cc1cc(C)n2nc(-c3ccc(-c4ccc[nH]4)cc3)cc2n1. The molecule has 1 aromatic carbocycles. The van der Waals surface area contributed by atoms with E-state index in [0.717, 1.165) is 34.0 Å². The molecule has 22 heavy (non-hydrogen) atoms. The van der Waals surface area contributed by atoms with Gasteiger partial charge in [0.2, 0.25) is 0 Å². The van der Waals surface area contributed by atoms with Crippen molar-refractivity contribution in [3.63, 3.8) is 0 Å². The predicted octanol–water partition coefficient (Wildman–Crippen LogP) is 4.01. The monoisotopic (exact) mass is 288 g/mol. The Balaban J connectivity index is 1.77. The summed E-state index contributed by atoms with van der Waals surface area (Å²) in [4.78, 5) is 7.75. The van der Waals surface area contributed by atoms with E-state index < -0.39 is 0 Å². The number of aromatic amines is 1. The van der Waals surface area contributed by atoms with E-state index in [4.69, 9.17) is 0 Å². The number of nitrogens with zero attached hydrogens (tertiary/aromatic N) is 3. The number of aromatic nitrogens is 4. The molecule has 0 fully saturated rings. The summed E-state index contributed by atoms with van der Waals surface area (Å²) in [6.07, 6.45) is 1.93. The van der Waals surface area contributed by atoms with Gasteiger partial charge in [0.05, 0.1) is 5.69 Å². The number of hydrogen-bond donors (Lipinski definition) is 1. The summed E-state index contributed by atoms with van der Waals surface area (Å²) in [7, 11) is 0. The topological polar surface area (TPSA) is 46.0 Å². The van der Waals surface area contributed by atoms with Crippen molar-refractivity contribution in [1.29, 1.82) is 0 Å². The molecule has 4 rings (SSSR count). The van der Waals surface area contributed by atoms with Gasteiger partial charge in [0.25, 0.3) is 0 Å². The Morgan fingerprint density at radius 2 is 1.73 bits per heavy atom. The van der Waals surface area contributed by atoms with Crippen molar-refractivity contribution in [3.8, 4) is 22.5 Å². The lowest BCUT2D eigenvalue weighted by Crippen LogP contribution is -1.96. The van der Waals surface area contributed by atoms with Crippen LogP contribution in [0.25, 0.3) is 28.2 Å². The second kappa shape index (κ2) is 4.84. The van der Waals surface area contributed by atoms with Crippen LogP contribution >= 0.6 is 0 Å². The van der Waals surface area contributed by atoms with E-state index in [1.54, 1.807) is 0 Å². The van der Waals surface area contributed by atoms with Gasteiger partial charge in [-0.25, -0.2) is 9.50 Å². The maximum atomic E-state index is 4.66. The second-order valence-corrected chi connectivity index (χ2v) is 5.50. The summed E-state index contributed by atoms with van der Waals surface area (Å²) in [5, 5.41) is 4.66. The zero-order valence-electron chi connectivity index (χ0n) is 12.5. The molecule has 0 saturated carbocycles. The number of fused-ring (bicyclic) bond motifs is 1. The van der Waals surface area contributed by atoms with Crippen molar-refractivity contribution in [2.75, 3.05) is 0 Å². The summed E-state index contributed by atoms with van der Waals surface area (Å²) in [5.74, 6) is 0. The van der Waals surface area contributed by atoms with Crippen molar-refractivity contribution in [2.45, 2.75) is 13.8 Å². The number of aryl methyl sites for hydroxylation is 2. The van der Waals surface area contributed by atoms with Crippen LogP contribution in [0.15, 0.2) is 54.7 Å². The quantitative estimate of drug-likeness (QED) is 0.606. The van der Waals surface area contributed by atoms with Crippen molar-refractivity contribution in [2.24, 2.45) is 0 Å². The minimum Gasteiger partial charge on any atom is -0.361 e. The molecule has 3 aromatic heterocycles. The van der Waals surface area contributed by atoms with Crippen LogP contribution in [0.4, 0.5) is 0 Å². The Labute approximate surface area is 128 Å². The van der Waals surface area contributed by atoms with Crippen LogP contribution in [-0.4, -0.2) is 19.6 Å². The fraction of sp³-hybridized carbons (Fsp3) is 0.111. The van der Waals surface area contributed by atoms with Gasteiger partial charge in [-0.15, -0.1) is 0 Å². The Hall–Kier alpha value is -2.88. The predicted molar refractivity (Wildman–Crippen MR) is 87.7 cm³/mol. The molecule has 0 aliphatic carbocycles. The van der Waals surface area contributed by atoms with Gasteiger partial charge in [0, 0.05) is 34.9 Å². The molecule has 1 N–H and O–H groups in total. The van der Waals surface area contributed by atoms with Crippen LogP contribution < -0.4 is 0 Å². The van der Waals surface area contributed by atoms with Crippen LogP contribution in [0.2, 0.25) is 0 Å². The molecule has 0 aliphatic rings. The Kier molecular flexibility index (Phi) is 2.82. The van der Waals surface area contributed by atoms with E-state index in [0.29, 0.717) is 0 Å². The molecule has 0 radical (unpaired) electrons. The molecule has 0 amide bonds. The summed E-state index contributed by atoms with van der Waals surface area (Å²) in [6, 6.07) is 16.5. The van der Waals surface area contributed by atoms with Crippen LogP contribution in [0.5, 0.6) is 0 Å². The fourth-order valence-corrected chi connectivity index (χ4v) is 2.76. The van der Waals surface area contributed by atoms with Gasteiger partial charge in [-0.2, -0.15) is 5.10 Å². The van der Waals surface area contributed by atoms with Crippen LogP contribution in [0, 0.1) is 13.8 Å². The van der Waals surface area contributed by atoms with E-state index in [2.05, 4.69) is 45.4 Å². The van der Waals surface area contributed by atoms with E-state index in [1.165, 1.54) is 5.56 Å². The highest BCUT2D eigenvalue weighted by molar-refractivity contribution is 5.69. The summed E-state index contributed by atoms with van der Waals surface area (Å²) < 4.78 is 1.89. The van der Waals surface area contributed by atoms with Gasteiger partial charge < -0.3 is 4.98 Å². The Morgan fingerprint density at radius 1 is 0.955 bits per heavy atom. The zero-order valence-corrected chi connectivity index (χ0v) is 12.5. The molecule has 0 spiro atoms. The summed E-state index contributed by atoms with van der Waals surface area (Å²) in [6.45, 7) is 4.05. The molecule has 4 nitrogen and oxygen atoms in total.